The van der Waals surface area contributed by atoms with Gasteiger partial charge in [-0.25, -0.2) is 8.78 Å². The third-order valence-corrected chi connectivity index (χ3v) is 3.48. The number of hydrogen-bond donors (Lipinski definition) is 1. The van der Waals surface area contributed by atoms with Gasteiger partial charge in [0.2, 0.25) is 0 Å². The molecule has 1 aromatic carbocycles. The fraction of sp³-hybridized carbons (Fsp3) is 0.571. The summed E-state index contributed by atoms with van der Waals surface area (Å²) in [5, 5.41) is 3.19. The lowest BCUT2D eigenvalue weighted by Crippen LogP contribution is -2.28. The Morgan fingerprint density at radius 2 is 2.22 bits per heavy atom. The molecule has 0 radical (unpaired) electrons. The first-order valence-corrected chi connectivity index (χ1v) is 6.47. The van der Waals surface area contributed by atoms with Gasteiger partial charge in [-0.1, -0.05) is 6.92 Å². The summed E-state index contributed by atoms with van der Waals surface area (Å²) in [6.07, 6.45) is 2.34. The molecule has 0 amide bonds. The predicted molar refractivity (Wildman–Crippen MR) is 66.2 cm³/mol. The Labute approximate surface area is 106 Å². The number of ether oxygens (including phenoxy) is 1. The first-order valence-electron chi connectivity index (χ1n) is 6.47. The molecule has 1 heterocycles. The van der Waals surface area contributed by atoms with Crippen LogP contribution in [-0.2, 0) is 11.3 Å². The minimum absolute atomic E-state index is 0.301. The summed E-state index contributed by atoms with van der Waals surface area (Å²) in [5.74, 6) is -0.283. The van der Waals surface area contributed by atoms with E-state index in [1.54, 1.807) is 0 Å². The molecule has 0 aliphatic carbocycles. The summed E-state index contributed by atoms with van der Waals surface area (Å²) in [6.45, 7) is 4.05. The van der Waals surface area contributed by atoms with Crippen molar-refractivity contribution in [1.29, 1.82) is 0 Å². The molecule has 1 aliphatic heterocycles. The van der Waals surface area contributed by atoms with Crippen LogP contribution in [0.4, 0.5) is 8.78 Å². The second-order valence-corrected chi connectivity index (χ2v) is 4.73. The maximum Gasteiger partial charge on any atom is 0.127 e. The fourth-order valence-electron chi connectivity index (χ4n) is 2.45. The minimum atomic E-state index is -0.399. The molecule has 0 aromatic heterocycles. The number of hydrogen-bond acceptors (Lipinski definition) is 2. The molecular weight excluding hydrogens is 236 g/mol. The van der Waals surface area contributed by atoms with E-state index >= 15 is 0 Å². The van der Waals surface area contributed by atoms with Gasteiger partial charge in [0, 0.05) is 25.3 Å². The minimum Gasteiger partial charge on any atom is -0.378 e. The summed E-state index contributed by atoms with van der Waals surface area (Å²) in [5.41, 5.74) is 0.377. The first kappa shape index (κ1) is 13.4. The van der Waals surface area contributed by atoms with Gasteiger partial charge in [-0.05, 0) is 37.0 Å². The largest absolute Gasteiger partial charge is 0.378 e. The van der Waals surface area contributed by atoms with Crippen LogP contribution in [0.2, 0.25) is 0 Å². The third kappa shape index (κ3) is 3.27. The van der Waals surface area contributed by atoms with Crippen molar-refractivity contribution in [1.82, 2.24) is 5.32 Å². The normalized spacial score (nSPS) is 23.5. The van der Waals surface area contributed by atoms with Crippen molar-refractivity contribution in [3.8, 4) is 0 Å². The third-order valence-electron chi connectivity index (χ3n) is 3.48. The summed E-state index contributed by atoms with van der Waals surface area (Å²) in [7, 11) is 0. The van der Waals surface area contributed by atoms with Crippen molar-refractivity contribution < 1.29 is 13.5 Å². The maximum absolute atomic E-state index is 13.4. The monoisotopic (exact) mass is 255 g/mol. The maximum atomic E-state index is 13.4. The van der Waals surface area contributed by atoms with E-state index in [4.69, 9.17) is 4.74 Å². The van der Waals surface area contributed by atoms with Crippen molar-refractivity contribution in [2.24, 2.45) is 5.92 Å². The van der Waals surface area contributed by atoms with E-state index < -0.39 is 5.82 Å². The molecule has 2 rings (SSSR count). The van der Waals surface area contributed by atoms with E-state index in [0.29, 0.717) is 24.1 Å². The summed E-state index contributed by atoms with van der Waals surface area (Å²) < 4.78 is 31.9. The van der Waals surface area contributed by atoms with Crippen LogP contribution in [-0.4, -0.2) is 19.3 Å². The Morgan fingerprint density at radius 3 is 3.00 bits per heavy atom. The smallest absolute Gasteiger partial charge is 0.127 e. The fourth-order valence-corrected chi connectivity index (χ4v) is 2.45. The van der Waals surface area contributed by atoms with Crippen LogP contribution in [0.1, 0.15) is 25.3 Å². The molecule has 2 nitrogen and oxygen atoms in total. The van der Waals surface area contributed by atoms with Gasteiger partial charge >= 0.3 is 0 Å². The standard InChI is InChI=1S/C14H19F2NO/c1-2-14-10(5-6-18-14)8-17-9-11-7-12(15)3-4-13(11)16/h3-4,7,10,14,17H,2,5-6,8-9H2,1H3. The van der Waals surface area contributed by atoms with Gasteiger partial charge in [0.25, 0.3) is 0 Å². The van der Waals surface area contributed by atoms with Crippen molar-refractivity contribution >= 4 is 0 Å². The van der Waals surface area contributed by atoms with Crippen molar-refractivity contribution in [3.05, 3.63) is 35.4 Å². The first-order chi connectivity index (χ1) is 8.70. The highest BCUT2D eigenvalue weighted by atomic mass is 19.1. The van der Waals surface area contributed by atoms with Crippen molar-refractivity contribution in [2.75, 3.05) is 13.2 Å². The van der Waals surface area contributed by atoms with Crippen LogP contribution >= 0.6 is 0 Å². The van der Waals surface area contributed by atoms with Gasteiger partial charge in [0.15, 0.2) is 0 Å². The molecule has 2 atom stereocenters. The second-order valence-electron chi connectivity index (χ2n) is 4.73. The lowest BCUT2D eigenvalue weighted by Gasteiger charge is -2.17. The Kier molecular flexibility index (Phi) is 4.66. The number of benzene rings is 1. The second kappa shape index (κ2) is 6.25. The Balaban J connectivity index is 1.83. The molecule has 2 unspecified atom stereocenters. The molecule has 1 N–H and O–H groups in total. The number of nitrogens with one attached hydrogen (secondary N) is 1. The topological polar surface area (TPSA) is 21.3 Å². The SMILES string of the molecule is CCC1OCCC1CNCc1cc(F)ccc1F. The van der Waals surface area contributed by atoms with E-state index in [-0.39, 0.29) is 5.82 Å². The highest BCUT2D eigenvalue weighted by Crippen LogP contribution is 2.22. The Hall–Kier alpha value is -1.00. The van der Waals surface area contributed by atoms with E-state index in [1.807, 2.05) is 0 Å². The van der Waals surface area contributed by atoms with Crippen LogP contribution in [0.25, 0.3) is 0 Å². The van der Waals surface area contributed by atoms with E-state index in [2.05, 4.69) is 12.2 Å². The lowest BCUT2D eigenvalue weighted by atomic mass is 9.99. The van der Waals surface area contributed by atoms with Gasteiger partial charge in [0.05, 0.1) is 6.10 Å². The summed E-state index contributed by atoms with van der Waals surface area (Å²) >= 11 is 0. The zero-order valence-corrected chi connectivity index (χ0v) is 10.6. The number of halogens is 2. The quantitative estimate of drug-likeness (QED) is 0.873. The van der Waals surface area contributed by atoms with Crippen molar-refractivity contribution in [3.63, 3.8) is 0 Å². The van der Waals surface area contributed by atoms with E-state index in [1.165, 1.54) is 12.1 Å². The van der Waals surface area contributed by atoms with E-state index in [9.17, 15) is 8.78 Å². The van der Waals surface area contributed by atoms with Gasteiger partial charge in [-0.15, -0.1) is 0 Å². The molecule has 18 heavy (non-hydrogen) atoms. The van der Waals surface area contributed by atoms with Crippen LogP contribution in [0, 0.1) is 17.6 Å². The van der Waals surface area contributed by atoms with Gasteiger partial charge in [-0.2, -0.15) is 0 Å². The predicted octanol–water partition coefficient (Wildman–Crippen LogP) is 2.87. The van der Waals surface area contributed by atoms with E-state index in [0.717, 1.165) is 32.1 Å². The van der Waals surface area contributed by atoms with Crippen LogP contribution in [0.15, 0.2) is 18.2 Å². The van der Waals surface area contributed by atoms with Crippen LogP contribution < -0.4 is 5.32 Å². The molecule has 1 fully saturated rings. The van der Waals surface area contributed by atoms with Gasteiger partial charge in [-0.3, -0.25) is 0 Å². The molecule has 0 bridgehead atoms. The van der Waals surface area contributed by atoms with Crippen LogP contribution in [0.5, 0.6) is 0 Å². The Morgan fingerprint density at radius 1 is 1.39 bits per heavy atom. The molecular formula is C14H19F2NO. The molecule has 0 saturated carbocycles. The summed E-state index contributed by atoms with van der Waals surface area (Å²) in [6, 6.07) is 3.54. The average molecular weight is 255 g/mol. The molecule has 1 saturated heterocycles. The molecule has 1 aromatic rings. The van der Waals surface area contributed by atoms with Crippen LogP contribution in [0.3, 0.4) is 0 Å². The van der Waals surface area contributed by atoms with Gasteiger partial charge < -0.3 is 10.1 Å². The molecule has 100 valence electrons. The summed E-state index contributed by atoms with van der Waals surface area (Å²) in [4.78, 5) is 0. The van der Waals surface area contributed by atoms with Gasteiger partial charge in [0.1, 0.15) is 11.6 Å². The van der Waals surface area contributed by atoms with Crippen molar-refractivity contribution in [2.45, 2.75) is 32.4 Å². The highest BCUT2D eigenvalue weighted by Gasteiger charge is 2.25. The highest BCUT2D eigenvalue weighted by molar-refractivity contribution is 5.18. The zero-order chi connectivity index (χ0) is 13.0. The Bertz CT molecular complexity index is 397. The average Bonchev–Trinajstić information content (AvgIpc) is 2.81. The molecule has 0 spiro atoms. The molecule has 4 heteroatoms. The zero-order valence-electron chi connectivity index (χ0n) is 10.6. The lowest BCUT2D eigenvalue weighted by molar-refractivity contribution is 0.0872. The number of rotatable bonds is 5. The molecule has 1 aliphatic rings.